The van der Waals surface area contributed by atoms with Gasteiger partial charge in [0.05, 0.1) is 6.04 Å². The van der Waals surface area contributed by atoms with Gasteiger partial charge in [0.2, 0.25) is 0 Å². The molecule has 0 heterocycles. The summed E-state index contributed by atoms with van der Waals surface area (Å²) in [4.78, 5) is 0. The molecule has 0 amide bonds. The SMILES string of the molecule is Cc1ccc(C(COc2ccccc2)NN)cc1Cl. The molecule has 0 radical (unpaired) electrons. The molecule has 0 bridgehead atoms. The smallest absolute Gasteiger partial charge is 0.119 e. The van der Waals surface area contributed by atoms with Gasteiger partial charge in [-0.3, -0.25) is 5.84 Å². The van der Waals surface area contributed by atoms with E-state index in [0.29, 0.717) is 6.61 Å². The summed E-state index contributed by atoms with van der Waals surface area (Å²) >= 11 is 6.12. The van der Waals surface area contributed by atoms with Gasteiger partial charge in [-0.05, 0) is 36.2 Å². The molecule has 2 aromatic rings. The highest BCUT2D eigenvalue weighted by molar-refractivity contribution is 6.31. The molecule has 1 atom stereocenters. The van der Waals surface area contributed by atoms with E-state index < -0.39 is 0 Å². The summed E-state index contributed by atoms with van der Waals surface area (Å²) in [5.41, 5.74) is 4.81. The molecule has 0 aliphatic heterocycles. The second kappa shape index (κ2) is 6.57. The van der Waals surface area contributed by atoms with Crippen LogP contribution in [0.2, 0.25) is 5.02 Å². The van der Waals surface area contributed by atoms with Crippen molar-refractivity contribution in [1.82, 2.24) is 5.43 Å². The Morgan fingerprint density at radius 2 is 1.95 bits per heavy atom. The second-order valence-electron chi connectivity index (χ2n) is 4.35. The normalized spacial score (nSPS) is 12.2. The van der Waals surface area contributed by atoms with E-state index in [1.54, 1.807) is 0 Å². The minimum atomic E-state index is -0.0988. The average Bonchev–Trinajstić information content (AvgIpc) is 2.44. The zero-order valence-corrected chi connectivity index (χ0v) is 11.5. The number of halogens is 1. The predicted octanol–water partition coefficient (Wildman–Crippen LogP) is 3.23. The molecule has 0 aliphatic carbocycles. The van der Waals surface area contributed by atoms with Gasteiger partial charge in [0.1, 0.15) is 12.4 Å². The molecule has 3 nitrogen and oxygen atoms in total. The molecule has 19 heavy (non-hydrogen) atoms. The first kappa shape index (κ1) is 13.9. The van der Waals surface area contributed by atoms with E-state index in [1.165, 1.54) is 0 Å². The van der Waals surface area contributed by atoms with E-state index in [9.17, 15) is 0 Å². The third-order valence-corrected chi connectivity index (χ3v) is 3.37. The van der Waals surface area contributed by atoms with E-state index >= 15 is 0 Å². The predicted molar refractivity (Wildman–Crippen MR) is 78.2 cm³/mol. The molecule has 0 fully saturated rings. The van der Waals surface area contributed by atoms with Crippen molar-refractivity contribution in [2.75, 3.05) is 6.61 Å². The maximum atomic E-state index is 6.12. The molecular formula is C15H17ClN2O. The molecule has 4 heteroatoms. The fourth-order valence-electron chi connectivity index (χ4n) is 1.76. The Balaban J connectivity index is 2.05. The number of aryl methyl sites for hydroxylation is 1. The molecule has 0 aliphatic rings. The van der Waals surface area contributed by atoms with Gasteiger partial charge < -0.3 is 4.74 Å². The molecule has 2 aromatic carbocycles. The topological polar surface area (TPSA) is 47.3 Å². The van der Waals surface area contributed by atoms with Crippen LogP contribution in [0.5, 0.6) is 5.75 Å². The molecule has 0 aromatic heterocycles. The zero-order chi connectivity index (χ0) is 13.7. The van der Waals surface area contributed by atoms with Crippen molar-refractivity contribution in [2.45, 2.75) is 13.0 Å². The number of hydrogen-bond donors (Lipinski definition) is 2. The summed E-state index contributed by atoms with van der Waals surface area (Å²) in [6, 6.07) is 15.4. The van der Waals surface area contributed by atoms with Crippen LogP contribution in [0.3, 0.4) is 0 Å². The van der Waals surface area contributed by atoms with Gasteiger partial charge in [-0.15, -0.1) is 0 Å². The lowest BCUT2D eigenvalue weighted by Gasteiger charge is -2.18. The Kier molecular flexibility index (Phi) is 4.80. The minimum absolute atomic E-state index is 0.0988. The molecule has 0 saturated carbocycles. The van der Waals surface area contributed by atoms with Gasteiger partial charge in [-0.25, -0.2) is 5.43 Å². The first-order chi connectivity index (χ1) is 9.20. The molecule has 0 saturated heterocycles. The van der Waals surface area contributed by atoms with Gasteiger partial charge in [-0.2, -0.15) is 0 Å². The summed E-state index contributed by atoms with van der Waals surface area (Å²) in [5, 5.41) is 0.734. The highest BCUT2D eigenvalue weighted by Crippen LogP contribution is 2.22. The number of ether oxygens (including phenoxy) is 1. The van der Waals surface area contributed by atoms with Crippen molar-refractivity contribution < 1.29 is 4.74 Å². The Hall–Kier alpha value is -1.55. The summed E-state index contributed by atoms with van der Waals surface area (Å²) in [6.07, 6.45) is 0. The largest absolute Gasteiger partial charge is 0.492 e. The molecular weight excluding hydrogens is 260 g/mol. The number of rotatable bonds is 5. The van der Waals surface area contributed by atoms with Gasteiger partial charge in [0, 0.05) is 5.02 Å². The van der Waals surface area contributed by atoms with E-state index in [4.69, 9.17) is 22.2 Å². The quantitative estimate of drug-likeness (QED) is 0.651. The van der Waals surface area contributed by atoms with E-state index in [0.717, 1.165) is 21.9 Å². The van der Waals surface area contributed by atoms with E-state index in [1.807, 2.05) is 55.5 Å². The second-order valence-corrected chi connectivity index (χ2v) is 4.76. The third-order valence-electron chi connectivity index (χ3n) is 2.96. The lowest BCUT2D eigenvalue weighted by molar-refractivity contribution is 0.267. The maximum absolute atomic E-state index is 6.12. The van der Waals surface area contributed by atoms with Crippen molar-refractivity contribution in [3.63, 3.8) is 0 Å². The number of benzene rings is 2. The van der Waals surface area contributed by atoms with E-state index in [-0.39, 0.29) is 6.04 Å². The molecule has 0 spiro atoms. The number of nitrogens with two attached hydrogens (primary N) is 1. The van der Waals surface area contributed by atoms with Crippen LogP contribution in [0, 0.1) is 6.92 Å². The van der Waals surface area contributed by atoms with Crippen LogP contribution in [-0.2, 0) is 0 Å². The number of hydrogen-bond acceptors (Lipinski definition) is 3. The molecule has 3 N–H and O–H groups in total. The third kappa shape index (κ3) is 3.70. The molecule has 1 unspecified atom stereocenters. The minimum Gasteiger partial charge on any atom is -0.492 e. The van der Waals surface area contributed by atoms with Crippen LogP contribution < -0.4 is 16.0 Å². The zero-order valence-electron chi connectivity index (χ0n) is 10.8. The van der Waals surface area contributed by atoms with Gasteiger partial charge in [0.25, 0.3) is 0 Å². The van der Waals surface area contributed by atoms with Gasteiger partial charge in [-0.1, -0.05) is 41.9 Å². The summed E-state index contributed by atoms with van der Waals surface area (Å²) in [5.74, 6) is 6.40. The highest BCUT2D eigenvalue weighted by atomic mass is 35.5. The number of nitrogens with one attached hydrogen (secondary N) is 1. The Morgan fingerprint density at radius 1 is 1.21 bits per heavy atom. The summed E-state index contributed by atoms with van der Waals surface area (Å²) in [6.45, 7) is 2.41. The summed E-state index contributed by atoms with van der Waals surface area (Å²) in [7, 11) is 0. The van der Waals surface area contributed by atoms with Crippen LogP contribution in [-0.4, -0.2) is 6.61 Å². The average molecular weight is 277 g/mol. The number of para-hydroxylation sites is 1. The van der Waals surface area contributed by atoms with Crippen molar-refractivity contribution in [3.8, 4) is 5.75 Å². The Morgan fingerprint density at radius 3 is 2.58 bits per heavy atom. The molecule has 2 rings (SSSR count). The summed E-state index contributed by atoms with van der Waals surface area (Å²) < 4.78 is 5.70. The van der Waals surface area contributed by atoms with Gasteiger partial charge >= 0.3 is 0 Å². The van der Waals surface area contributed by atoms with Crippen molar-refractivity contribution in [3.05, 3.63) is 64.7 Å². The lowest BCUT2D eigenvalue weighted by atomic mass is 10.1. The fraction of sp³-hybridized carbons (Fsp3) is 0.200. The van der Waals surface area contributed by atoms with Crippen molar-refractivity contribution in [2.24, 2.45) is 5.84 Å². The van der Waals surface area contributed by atoms with E-state index in [2.05, 4.69) is 5.43 Å². The first-order valence-corrected chi connectivity index (χ1v) is 6.48. The standard InChI is InChI=1S/C15H17ClN2O/c1-11-7-8-12(9-14(11)16)15(18-17)10-19-13-5-3-2-4-6-13/h2-9,15,18H,10,17H2,1H3. The van der Waals surface area contributed by atoms with Crippen LogP contribution in [0.25, 0.3) is 0 Å². The first-order valence-electron chi connectivity index (χ1n) is 6.10. The van der Waals surface area contributed by atoms with Crippen LogP contribution in [0.1, 0.15) is 17.2 Å². The maximum Gasteiger partial charge on any atom is 0.119 e. The van der Waals surface area contributed by atoms with Crippen LogP contribution in [0.15, 0.2) is 48.5 Å². The van der Waals surface area contributed by atoms with Crippen molar-refractivity contribution in [1.29, 1.82) is 0 Å². The monoisotopic (exact) mass is 276 g/mol. The van der Waals surface area contributed by atoms with Crippen LogP contribution in [0.4, 0.5) is 0 Å². The lowest BCUT2D eigenvalue weighted by Crippen LogP contribution is -2.32. The van der Waals surface area contributed by atoms with Crippen LogP contribution >= 0.6 is 11.6 Å². The highest BCUT2D eigenvalue weighted by Gasteiger charge is 2.11. The Labute approximate surface area is 118 Å². The van der Waals surface area contributed by atoms with Gasteiger partial charge in [0.15, 0.2) is 0 Å². The molecule has 100 valence electrons. The fourth-order valence-corrected chi connectivity index (χ4v) is 1.95. The Bertz CT molecular complexity index is 531. The van der Waals surface area contributed by atoms with Crippen molar-refractivity contribution >= 4 is 11.6 Å². The number of hydrazine groups is 1.